The number of aliphatic hydroxyl groups is 1. The van der Waals surface area contributed by atoms with Crippen molar-refractivity contribution in [1.82, 2.24) is 9.55 Å². The second-order valence-electron chi connectivity index (χ2n) is 5.82. The lowest BCUT2D eigenvalue weighted by Gasteiger charge is -2.30. The Labute approximate surface area is 171 Å². The minimum absolute atomic E-state index is 0.194. The highest BCUT2D eigenvalue weighted by atomic mass is 31.3. The molecule has 0 amide bonds. The summed E-state index contributed by atoms with van der Waals surface area (Å²) in [6.07, 6.45) is -5.48. The van der Waals surface area contributed by atoms with E-state index in [1.807, 2.05) is 0 Å². The molecule has 0 radical (unpaired) electrons. The van der Waals surface area contributed by atoms with Crippen LogP contribution in [0.5, 0.6) is 0 Å². The number of hydrogen-bond donors (Lipinski definition) is 6. The normalized spacial score (nSPS) is 30.6. The summed E-state index contributed by atoms with van der Waals surface area (Å²) in [6.45, 7) is -1.33. The predicted molar refractivity (Wildman–Crippen MR) is 93.5 cm³/mol. The van der Waals surface area contributed by atoms with E-state index in [1.54, 1.807) is 0 Å². The molecule has 21 heteroatoms. The van der Waals surface area contributed by atoms with E-state index in [-0.39, 0.29) is 5.82 Å². The van der Waals surface area contributed by atoms with E-state index in [0.29, 0.717) is 4.57 Å². The number of anilines is 1. The first kappa shape index (κ1) is 26.2. The highest BCUT2D eigenvalue weighted by Gasteiger charge is 2.58. The van der Waals surface area contributed by atoms with Gasteiger partial charge in [0.25, 0.3) is 0 Å². The molecular weight excluding hydrogens is 498 g/mol. The molecule has 1 fully saturated rings. The number of aliphatic hydroxyl groups excluding tert-OH is 1. The number of phosphoric acid groups is 3. The number of nitrogen functional groups attached to an aromatic ring is 1. The average molecular weight is 515 g/mol. The summed E-state index contributed by atoms with van der Waals surface area (Å²) in [7, 11) is -16.2. The van der Waals surface area contributed by atoms with E-state index < -0.39 is 60.1 Å². The number of rotatable bonds is 9. The third-order valence-corrected chi connectivity index (χ3v) is 7.44. The van der Waals surface area contributed by atoms with Gasteiger partial charge in [-0.3, -0.25) is 9.09 Å². The van der Waals surface area contributed by atoms with Crippen LogP contribution in [0, 0.1) is 0 Å². The van der Waals surface area contributed by atoms with Gasteiger partial charge in [0.2, 0.25) is 5.79 Å². The van der Waals surface area contributed by atoms with Gasteiger partial charge in [0, 0.05) is 13.3 Å². The first-order chi connectivity index (χ1) is 14.0. The highest BCUT2D eigenvalue weighted by Crippen LogP contribution is 2.66. The molecule has 0 aliphatic carbocycles. The van der Waals surface area contributed by atoms with Crippen LogP contribution in [0.2, 0.25) is 0 Å². The smallest absolute Gasteiger partial charge is 0.384 e. The van der Waals surface area contributed by atoms with Crippen molar-refractivity contribution < 1.29 is 65.4 Å². The lowest BCUT2D eigenvalue weighted by Crippen LogP contribution is -2.47. The maximum atomic E-state index is 14.6. The average Bonchev–Trinajstić information content (AvgIpc) is 2.82. The summed E-state index contributed by atoms with van der Waals surface area (Å²) in [5, 5.41) is 10.2. The minimum atomic E-state index is -5.81. The fraction of sp³-hybridized carbons (Fsp3) is 0.600. The molecule has 1 aliphatic rings. The number of hydrogen-bond acceptors (Lipinski definition) is 12. The van der Waals surface area contributed by atoms with E-state index in [1.165, 1.54) is 0 Å². The summed E-state index contributed by atoms with van der Waals surface area (Å²) in [6, 6.07) is 1.11. The zero-order valence-corrected chi connectivity index (χ0v) is 17.9. The van der Waals surface area contributed by atoms with Gasteiger partial charge in [0.15, 0.2) is 12.4 Å². The molecule has 0 saturated carbocycles. The van der Waals surface area contributed by atoms with E-state index >= 15 is 0 Å². The molecule has 2 rings (SSSR count). The number of aromatic nitrogens is 2. The van der Waals surface area contributed by atoms with Crippen molar-refractivity contribution in [2.75, 3.05) is 19.5 Å². The Morgan fingerprint density at radius 1 is 1.26 bits per heavy atom. The molecule has 31 heavy (non-hydrogen) atoms. The molecule has 178 valence electrons. The number of nitrogens with two attached hydrogens (primary N) is 1. The number of halogens is 1. The number of methoxy groups -OCH3 is 1. The van der Waals surface area contributed by atoms with Crippen LogP contribution >= 0.6 is 23.5 Å². The van der Waals surface area contributed by atoms with Crippen LogP contribution < -0.4 is 11.4 Å². The van der Waals surface area contributed by atoms with Crippen LogP contribution in [0.1, 0.15) is 6.23 Å². The van der Waals surface area contributed by atoms with Crippen molar-refractivity contribution in [1.29, 1.82) is 0 Å². The van der Waals surface area contributed by atoms with Gasteiger partial charge in [-0.05, 0) is 6.07 Å². The summed E-state index contributed by atoms with van der Waals surface area (Å²) >= 11 is 0. The molecule has 0 bridgehead atoms. The monoisotopic (exact) mass is 515 g/mol. The minimum Gasteiger partial charge on any atom is -0.384 e. The standard InChI is InChI=1S/C10H17FN3O14P3/c1-24-10(4-25-30(20,21)28-31(22,23)27-29(17,18)19)7(15)6(11)8(26-10)14-3-2-5(12)13-9(14)16/h2-3,6-8,15H,4H2,1H3,(H,20,21)(H,22,23)(H2,12,13,16)(H2,17,18,19)/t6-,7+,8?,10-/m1/s1. The van der Waals surface area contributed by atoms with E-state index in [0.717, 1.165) is 19.4 Å². The zero-order valence-electron chi connectivity index (χ0n) is 15.2. The van der Waals surface area contributed by atoms with Gasteiger partial charge in [-0.25, -0.2) is 22.9 Å². The molecule has 1 saturated heterocycles. The number of alkyl halides is 1. The van der Waals surface area contributed by atoms with Crippen molar-refractivity contribution in [2.24, 2.45) is 0 Å². The zero-order chi connectivity index (χ0) is 23.8. The SMILES string of the molecule is CO[C@]1(COP(=O)(O)OP(=O)(O)OP(=O)(O)O)OC(n2ccc(N)nc2=O)[C@H](F)[C@@H]1O. The number of ether oxygens (including phenoxy) is 2. The molecule has 1 aromatic heterocycles. The Morgan fingerprint density at radius 3 is 2.39 bits per heavy atom. The Hall–Kier alpha value is -1.10. The van der Waals surface area contributed by atoms with Crippen LogP contribution in [-0.2, 0) is 36.3 Å². The summed E-state index contributed by atoms with van der Waals surface area (Å²) < 4.78 is 70.4. The van der Waals surface area contributed by atoms with Gasteiger partial charge in [0.05, 0.1) is 0 Å². The maximum absolute atomic E-state index is 14.6. The molecule has 0 spiro atoms. The molecule has 1 aromatic rings. The van der Waals surface area contributed by atoms with Crippen LogP contribution in [0.25, 0.3) is 0 Å². The first-order valence-corrected chi connectivity index (χ1v) is 12.2. The number of nitrogens with zero attached hydrogens (tertiary/aromatic N) is 2. The third-order valence-electron chi connectivity index (χ3n) is 3.66. The summed E-state index contributed by atoms with van der Waals surface area (Å²) in [4.78, 5) is 50.8. The Kier molecular flexibility index (Phi) is 7.62. The number of phosphoric ester groups is 1. The molecule has 3 unspecified atom stereocenters. The molecule has 1 aliphatic heterocycles. The van der Waals surface area contributed by atoms with E-state index in [9.17, 15) is 32.9 Å². The van der Waals surface area contributed by atoms with Crippen molar-refractivity contribution in [3.05, 3.63) is 22.7 Å². The lowest BCUT2D eigenvalue weighted by atomic mass is 10.1. The molecule has 17 nitrogen and oxygen atoms in total. The highest BCUT2D eigenvalue weighted by molar-refractivity contribution is 7.66. The maximum Gasteiger partial charge on any atom is 0.490 e. The van der Waals surface area contributed by atoms with Crippen LogP contribution in [-0.4, -0.2) is 66.0 Å². The van der Waals surface area contributed by atoms with Crippen molar-refractivity contribution in [3.63, 3.8) is 0 Å². The lowest BCUT2D eigenvalue weighted by molar-refractivity contribution is -0.267. The van der Waals surface area contributed by atoms with Gasteiger partial charge in [0.1, 0.15) is 18.5 Å². The van der Waals surface area contributed by atoms with Gasteiger partial charge < -0.3 is 39.9 Å². The van der Waals surface area contributed by atoms with Gasteiger partial charge in [-0.15, -0.1) is 0 Å². The quantitative estimate of drug-likeness (QED) is 0.210. The Bertz CT molecular complexity index is 1020. The van der Waals surface area contributed by atoms with E-state index in [4.69, 9.17) is 29.9 Å². The first-order valence-electron chi connectivity index (χ1n) is 7.69. The predicted octanol–water partition coefficient (Wildman–Crippen LogP) is -1.26. The van der Waals surface area contributed by atoms with Gasteiger partial charge >= 0.3 is 29.2 Å². The van der Waals surface area contributed by atoms with Crippen LogP contribution in [0.4, 0.5) is 10.2 Å². The third kappa shape index (κ3) is 6.46. The fourth-order valence-electron chi connectivity index (χ4n) is 2.39. The topological polar surface area (TPSA) is 259 Å². The molecule has 0 aromatic carbocycles. The summed E-state index contributed by atoms with van der Waals surface area (Å²) in [5.41, 5.74) is 4.25. The molecule has 2 heterocycles. The molecule has 7 N–H and O–H groups in total. The molecular formula is C10H17FN3O14P3. The van der Waals surface area contributed by atoms with Crippen molar-refractivity contribution >= 4 is 29.3 Å². The van der Waals surface area contributed by atoms with Crippen molar-refractivity contribution in [2.45, 2.75) is 24.3 Å². The largest absolute Gasteiger partial charge is 0.490 e. The van der Waals surface area contributed by atoms with Gasteiger partial charge in [-0.1, -0.05) is 0 Å². The second kappa shape index (κ2) is 9.03. The Morgan fingerprint density at radius 2 is 1.87 bits per heavy atom. The van der Waals surface area contributed by atoms with Gasteiger partial charge in [-0.2, -0.15) is 13.6 Å². The fourth-order valence-corrected chi connectivity index (χ4v) is 5.43. The summed E-state index contributed by atoms with van der Waals surface area (Å²) in [5.74, 6) is -2.74. The molecule has 6 atom stereocenters. The van der Waals surface area contributed by atoms with Crippen LogP contribution in [0.3, 0.4) is 0 Å². The Balaban J connectivity index is 2.20. The van der Waals surface area contributed by atoms with E-state index in [2.05, 4.69) is 18.1 Å². The van der Waals surface area contributed by atoms with Crippen LogP contribution in [0.15, 0.2) is 17.1 Å². The second-order valence-corrected chi connectivity index (χ2v) is 10.2. The van der Waals surface area contributed by atoms with Crippen molar-refractivity contribution in [3.8, 4) is 0 Å².